The van der Waals surface area contributed by atoms with Crippen LogP contribution in [0, 0.1) is 10.1 Å². The SMILES string of the molecule is CCCCc1ccc(OCC(=O)NN=Cc2cc(Cl)ccc2[N+](=O)[O-])cc1. The Morgan fingerprint density at radius 2 is 2.04 bits per heavy atom. The lowest BCUT2D eigenvalue weighted by atomic mass is 10.1. The molecule has 0 saturated heterocycles. The van der Waals surface area contributed by atoms with Gasteiger partial charge in [0.1, 0.15) is 5.75 Å². The zero-order valence-electron chi connectivity index (χ0n) is 14.9. The number of halogens is 1. The Hall–Kier alpha value is -2.93. The van der Waals surface area contributed by atoms with E-state index in [1.807, 2.05) is 24.3 Å². The van der Waals surface area contributed by atoms with Crippen LogP contribution in [-0.4, -0.2) is 23.7 Å². The van der Waals surface area contributed by atoms with Gasteiger partial charge < -0.3 is 4.74 Å². The van der Waals surface area contributed by atoms with Crippen LogP contribution in [0.15, 0.2) is 47.6 Å². The quantitative estimate of drug-likeness (QED) is 0.396. The van der Waals surface area contributed by atoms with Crippen LogP contribution >= 0.6 is 11.6 Å². The fraction of sp³-hybridized carbons (Fsp3) is 0.263. The lowest BCUT2D eigenvalue weighted by molar-refractivity contribution is -0.385. The summed E-state index contributed by atoms with van der Waals surface area (Å²) in [6, 6.07) is 11.7. The van der Waals surface area contributed by atoms with Gasteiger partial charge in [0.25, 0.3) is 11.6 Å². The summed E-state index contributed by atoms with van der Waals surface area (Å²) in [7, 11) is 0. The molecule has 0 aromatic heterocycles. The van der Waals surface area contributed by atoms with E-state index in [-0.39, 0.29) is 17.9 Å². The maximum Gasteiger partial charge on any atom is 0.278 e. The number of nitro benzene ring substituents is 1. The molecule has 2 aromatic rings. The predicted molar refractivity (Wildman–Crippen MR) is 104 cm³/mol. The second-order valence-corrected chi connectivity index (χ2v) is 6.23. The summed E-state index contributed by atoms with van der Waals surface area (Å²) >= 11 is 5.83. The first-order valence-corrected chi connectivity index (χ1v) is 8.85. The van der Waals surface area contributed by atoms with Crippen LogP contribution in [0.5, 0.6) is 5.75 Å². The van der Waals surface area contributed by atoms with Crippen LogP contribution in [0.25, 0.3) is 0 Å². The molecule has 7 nitrogen and oxygen atoms in total. The number of carbonyl (C=O) groups excluding carboxylic acids is 1. The number of amides is 1. The van der Waals surface area contributed by atoms with Crippen molar-refractivity contribution in [1.82, 2.24) is 5.43 Å². The molecular formula is C19H20ClN3O4. The van der Waals surface area contributed by atoms with Gasteiger partial charge in [0, 0.05) is 11.1 Å². The number of carbonyl (C=O) groups is 1. The standard InChI is InChI=1S/C19H20ClN3O4/c1-2-3-4-14-5-8-17(9-6-14)27-13-19(24)22-21-12-15-11-16(20)7-10-18(15)23(25)26/h5-12H,2-4,13H2,1H3,(H,22,24). The van der Waals surface area contributed by atoms with Gasteiger partial charge in [-0.3, -0.25) is 14.9 Å². The predicted octanol–water partition coefficient (Wildman–Crippen LogP) is 4.12. The van der Waals surface area contributed by atoms with Crippen LogP contribution in [0.2, 0.25) is 5.02 Å². The molecule has 0 spiro atoms. The number of rotatable bonds is 9. The lowest BCUT2D eigenvalue weighted by Crippen LogP contribution is -2.24. The van der Waals surface area contributed by atoms with E-state index in [0.29, 0.717) is 10.8 Å². The van der Waals surface area contributed by atoms with Crippen LogP contribution < -0.4 is 10.2 Å². The number of ether oxygens (including phenoxy) is 1. The van der Waals surface area contributed by atoms with Crippen molar-refractivity contribution in [1.29, 1.82) is 0 Å². The monoisotopic (exact) mass is 389 g/mol. The number of hydrazone groups is 1. The number of aryl methyl sites for hydroxylation is 1. The molecule has 0 unspecified atom stereocenters. The summed E-state index contributed by atoms with van der Waals surface area (Å²) in [5, 5.41) is 15.0. The molecule has 0 atom stereocenters. The van der Waals surface area contributed by atoms with Crippen LogP contribution in [0.1, 0.15) is 30.9 Å². The third kappa shape index (κ3) is 6.71. The van der Waals surface area contributed by atoms with Crippen LogP contribution in [-0.2, 0) is 11.2 Å². The van der Waals surface area contributed by atoms with E-state index in [9.17, 15) is 14.9 Å². The fourth-order valence-electron chi connectivity index (χ4n) is 2.28. The topological polar surface area (TPSA) is 93.8 Å². The van der Waals surface area contributed by atoms with Crippen molar-refractivity contribution >= 4 is 29.4 Å². The minimum absolute atomic E-state index is 0.156. The Kier molecular flexibility index (Phi) is 7.76. The smallest absolute Gasteiger partial charge is 0.278 e. The van der Waals surface area contributed by atoms with Crippen molar-refractivity contribution in [3.63, 3.8) is 0 Å². The Labute approximate surface area is 162 Å². The van der Waals surface area contributed by atoms with Gasteiger partial charge in [0.2, 0.25) is 0 Å². The molecular weight excluding hydrogens is 370 g/mol. The Morgan fingerprint density at radius 3 is 2.70 bits per heavy atom. The molecule has 0 saturated carbocycles. The van der Waals surface area contributed by atoms with Crippen molar-refractivity contribution in [3.8, 4) is 5.75 Å². The Morgan fingerprint density at radius 1 is 1.30 bits per heavy atom. The van der Waals surface area contributed by atoms with Gasteiger partial charge in [-0.25, -0.2) is 5.43 Å². The van der Waals surface area contributed by atoms with Gasteiger partial charge in [-0.05, 0) is 42.7 Å². The van der Waals surface area contributed by atoms with E-state index in [2.05, 4.69) is 17.5 Å². The molecule has 0 radical (unpaired) electrons. The molecule has 1 N–H and O–H groups in total. The van der Waals surface area contributed by atoms with E-state index in [1.165, 1.54) is 30.0 Å². The van der Waals surface area contributed by atoms with Gasteiger partial charge in [-0.2, -0.15) is 5.10 Å². The van der Waals surface area contributed by atoms with Crippen molar-refractivity contribution in [2.45, 2.75) is 26.2 Å². The Bertz CT molecular complexity index is 822. The highest BCUT2D eigenvalue weighted by atomic mass is 35.5. The van der Waals surface area contributed by atoms with E-state index in [0.717, 1.165) is 19.3 Å². The van der Waals surface area contributed by atoms with Gasteiger partial charge in [-0.1, -0.05) is 37.1 Å². The molecule has 8 heteroatoms. The minimum Gasteiger partial charge on any atom is -0.484 e. The number of nitro groups is 1. The molecule has 0 fully saturated rings. The first-order chi connectivity index (χ1) is 13.0. The fourth-order valence-corrected chi connectivity index (χ4v) is 2.46. The van der Waals surface area contributed by atoms with Crippen molar-refractivity contribution in [2.75, 3.05) is 6.61 Å². The second-order valence-electron chi connectivity index (χ2n) is 5.79. The number of nitrogens with zero attached hydrogens (tertiary/aromatic N) is 2. The average Bonchev–Trinajstić information content (AvgIpc) is 2.65. The minimum atomic E-state index is -0.549. The summed E-state index contributed by atoms with van der Waals surface area (Å²) in [6.07, 6.45) is 4.45. The third-order valence-electron chi connectivity index (χ3n) is 3.69. The third-order valence-corrected chi connectivity index (χ3v) is 3.93. The number of hydrogen-bond acceptors (Lipinski definition) is 5. The van der Waals surface area contributed by atoms with Gasteiger partial charge in [-0.15, -0.1) is 0 Å². The summed E-state index contributed by atoms with van der Waals surface area (Å²) in [5.41, 5.74) is 3.52. The molecule has 142 valence electrons. The van der Waals surface area contributed by atoms with E-state index in [1.54, 1.807) is 0 Å². The Balaban J connectivity index is 1.85. The lowest BCUT2D eigenvalue weighted by Gasteiger charge is -2.06. The summed E-state index contributed by atoms with van der Waals surface area (Å²) in [6.45, 7) is 1.92. The molecule has 0 aliphatic carbocycles. The van der Waals surface area contributed by atoms with Crippen molar-refractivity contribution in [3.05, 3.63) is 68.7 Å². The first-order valence-electron chi connectivity index (χ1n) is 8.47. The highest BCUT2D eigenvalue weighted by Gasteiger charge is 2.12. The second kappa shape index (κ2) is 10.3. The molecule has 0 heterocycles. The van der Waals surface area contributed by atoms with E-state index >= 15 is 0 Å². The molecule has 0 aliphatic rings. The van der Waals surface area contributed by atoms with E-state index < -0.39 is 10.8 Å². The maximum absolute atomic E-state index is 11.8. The highest BCUT2D eigenvalue weighted by Crippen LogP contribution is 2.21. The maximum atomic E-state index is 11.8. The number of unbranched alkanes of at least 4 members (excludes halogenated alkanes) is 1. The number of hydrogen-bond donors (Lipinski definition) is 1. The molecule has 2 aromatic carbocycles. The highest BCUT2D eigenvalue weighted by molar-refractivity contribution is 6.31. The largest absolute Gasteiger partial charge is 0.484 e. The molecule has 27 heavy (non-hydrogen) atoms. The number of benzene rings is 2. The normalized spacial score (nSPS) is 10.7. The van der Waals surface area contributed by atoms with Crippen molar-refractivity contribution in [2.24, 2.45) is 5.10 Å². The molecule has 1 amide bonds. The zero-order chi connectivity index (χ0) is 19.6. The summed E-state index contributed by atoms with van der Waals surface area (Å²) in [5.74, 6) is 0.103. The summed E-state index contributed by atoms with van der Waals surface area (Å²) in [4.78, 5) is 22.2. The summed E-state index contributed by atoms with van der Waals surface area (Å²) < 4.78 is 5.40. The zero-order valence-corrected chi connectivity index (χ0v) is 15.6. The average molecular weight is 390 g/mol. The molecule has 2 rings (SSSR count). The molecule has 0 bridgehead atoms. The van der Waals surface area contributed by atoms with E-state index in [4.69, 9.17) is 16.3 Å². The molecule has 0 aliphatic heterocycles. The number of nitrogens with one attached hydrogen (secondary N) is 1. The van der Waals surface area contributed by atoms with Gasteiger partial charge in [0.15, 0.2) is 6.61 Å². The van der Waals surface area contributed by atoms with Crippen molar-refractivity contribution < 1.29 is 14.5 Å². The first kappa shape index (κ1) is 20.4. The van der Waals surface area contributed by atoms with Gasteiger partial charge in [0.05, 0.1) is 16.7 Å². The van der Waals surface area contributed by atoms with Gasteiger partial charge >= 0.3 is 0 Å². The van der Waals surface area contributed by atoms with Crippen LogP contribution in [0.3, 0.4) is 0 Å². The van der Waals surface area contributed by atoms with Crippen LogP contribution in [0.4, 0.5) is 5.69 Å².